The molecule has 0 saturated heterocycles. The Balaban J connectivity index is 2.19. The van der Waals surface area contributed by atoms with Crippen molar-refractivity contribution in [2.24, 2.45) is 0 Å². The van der Waals surface area contributed by atoms with Crippen LogP contribution in [0.15, 0.2) is 42.7 Å². The summed E-state index contributed by atoms with van der Waals surface area (Å²) < 4.78 is 13.5. The molecule has 0 aliphatic carbocycles. The van der Waals surface area contributed by atoms with Gasteiger partial charge in [-0.1, -0.05) is 19.1 Å². The van der Waals surface area contributed by atoms with E-state index in [0.717, 1.165) is 24.8 Å². The first-order valence-corrected chi connectivity index (χ1v) is 6.46. The summed E-state index contributed by atoms with van der Waals surface area (Å²) in [5, 5.41) is 5.73. The van der Waals surface area contributed by atoms with E-state index in [1.54, 1.807) is 12.1 Å². The Kier molecular flexibility index (Phi) is 4.65. The largest absolute Gasteiger partial charge is 0.384 e. The molecule has 0 spiro atoms. The average molecular weight is 273 g/mol. The van der Waals surface area contributed by atoms with Crippen LogP contribution < -0.4 is 10.6 Å². The zero-order chi connectivity index (χ0) is 14.4. The number of amides is 1. The lowest BCUT2D eigenvalue weighted by Crippen LogP contribution is -2.16. The highest BCUT2D eigenvalue weighted by molar-refractivity contribution is 6.08. The quantitative estimate of drug-likeness (QED) is 0.879. The number of aromatic nitrogens is 1. The predicted octanol–water partition coefficient (Wildman–Crippen LogP) is 3.29. The lowest BCUT2D eigenvalue weighted by atomic mass is 10.1. The average Bonchev–Trinajstić information content (AvgIpc) is 2.47. The fourth-order valence-corrected chi connectivity index (χ4v) is 1.76. The third-order valence-corrected chi connectivity index (χ3v) is 2.76. The molecule has 0 aliphatic rings. The molecule has 0 bridgehead atoms. The number of nitrogens with one attached hydrogen (secondary N) is 2. The van der Waals surface area contributed by atoms with Crippen LogP contribution in [0.4, 0.5) is 15.8 Å². The van der Waals surface area contributed by atoms with Gasteiger partial charge in [0.25, 0.3) is 5.91 Å². The van der Waals surface area contributed by atoms with Gasteiger partial charge < -0.3 is 10.6 Å². The van der Waals surface area contributed by atoms with Crippen molar-refractivity contribution in [3.63, 3.8) is 0 Å². The van der Waals surface area contributed by atoms with Gasteiger partial charge in [-0.3, -0.25) is 9.78 Å². The first-order chi connectivity index (χ1) is 9.72. The summed E-state index contributed by atoms with van der Waals surface area (Å²) >= 11 is 0. The number of hydrogen-bond acceptors (Lipinski definition) is 3. The van der Waals surface area contributed by atoms with E-state index in [0.29, 0.717) is 5.56 Å². The third-order valence-electron chi connectivity index (χ3n) is 2.76. The number of benzene rings is 1. The van der Waals surface area contributed by atoms with Crippen molar-refractivity contribution in [1.29, 1.82) is 0 Å². The van der Waals surface area contributed by atoms with Gasteiger partial charge in [-0.25, -0.2) is 4.39 Å². The smallest absolute Gasteiger partial charge is 0.257 e. The summed E-state index contributed by atoms with van der Waals surface area (Å²) in [6.45, 7) is 2.82. The van der Waals surface area contributed by atoms with E-state index in [1.807, 2.05) is 19.1 Å². The Bertz CT molecular complexity index is 601. The molecule has 1 heterocycles. The maximum atomic E-state index is 13.5. The maximum Gasteiger partial charge on any atom is 0.257 e. The van der Waals surface area contributed by atoms with Gasteiger partial charge in [-0.05, 0) is 24.6 Å². The molecule has 0 radical (unpaired) electrons. The number of pyridine rings is 1. The van der Waals surface area contributed by atoms with Crippen molar-refractivity contribution >= 4 is 17.3 Å². The number of carbonyl (C=O) groups is 1. The van der Waals surface area contributed by atoms with Crippen LogP contribution in [-0.2, 0) is 0 Å². The van der Waals surface area contributed by atoms with E-state index < -0.39 is 5.82 Å². The second-order valence-electron chi connectivity index (χ2n) is 4.28. The zero-order valence-electron chi connectivity index (χ0n) is 11.2. The van der Waals surface area contributed by atoms with Crippen LogP contribution in [0.5, 0.6) is 0 Å². The van der Waals surface area contributed by atoms with E-state index in [4.69, 9.17) is 0 Å². The Morgan fingerprint density at radius 1 is 1.25 bits per heavy atom. The molecule has 20 heavy (non-hydrogen) atoms. The number of carbonyl (C=O) groups excluding carboxylic acids is 1. The molecular formula is C15H16FN3O. The molecule has 2 aromatic rings. The van der Waals surface area contributed by atoms with Crippen LogP contribution in [-0.4, -0.2) is 17.4 Å². The summed E-state index contributed by atoms with van der Waals surface area (Å²) in [6.07, 6.45) is 3.45. The number of para-hydroxylation sites is 1. The summed E-state index contributed by atoms with van der Waals surface area (Å²) in [5.74, 6) is -0.908. The molecule has 2 rings (SSSR count). The molecule has 0 atom stereocenters. The van der Waals surface area contributed by atoms with Crippen molar-refractivity contribution in [2.45, 2.75) is 13.3 Å². The van der Waals surface area contributed by atoms with Gasteiger partial charge in [0.05, 0.1) is 17.4 Å². The molecule has 2 N–H and O–H groups in total. The number of nitrogens with zero attached hydrogens (tertiary/aromatic N) is 1. The van der Waals surface area contributed by atoms with E-state index in [1.165, 1.54) is 12.3 Å². The fraction of sp³-hybridized carbons (Fsp3) is 0.200. The standard InChI is InChI=1S/C15H16FN3O/c1-2-8-18-13-6-4-3-5-11(13)15(20)19-14-7-9-17-10-12(14)16/h3-7,9-10,18H,2,8H2,1H3,(H,17,19,20). The summed E-state index contributed by atoms with van der Waals surface area (Å²) in [6, 6.07) is 8.58. The summed E-state index contributed by atoms with van der Waals surface area (Å²) in [7, 11) is 0. The van der Waals surface area contributed by atoms with Gasteiger partial charge in [0.15, 0.2) is 5.82 Å². The number of halogens is 1. The van der Waals surface area contributed by atoms with Crippen molar-refractivity contribution in [2.75, 3.05) is 17.2 Å². The molecular weight excluding hydrogens is 257 g/mol. The van der Waals surface area contributed by atoms with E-state index in [2.05, 4.69) is 15.6 Å². The molecule has 104 valence electrons. The molecule has 0 fully saturated rings. The number of hydrogen-bond donors (Lipinski definition) is 2. The summed E-state index contributed by atoms with van der Waals surface area (Å²) in [5.41, 5.74) is 1.34. The minimum absolute atomic E-state index is 0.121. The van der Waals surface area contributed by atoms with Gasteiger partial charge in [-0.15, -0.1) is 0 Å². The van der Waals surface area contributed by atoms with Crippen molar-refractivity contribution < 1.29 is 9.18 Å². The number of rotatable bonds is 5. The molecule has 1 amide bonds. The summed E-state index contributed by atoms with van der Waals surface area (Å²) in [4.78, 5) is 15.9. The lowest BCUT2D eigenvalue weighted by molar-refractivity contribution is 0.102. The molecule has 1 aromatic carbocycles. The SMILES string of the molecule is CCCNc1ccccc1C(=O)Nc1ccncc1F. The van der Waals surface area contributed by atoms with Gasteiger partial charge in [-0.2, -0.15) is 0 Å². The first kappa shape index (κ1) is 14.0. The molecule has 4 nitrogen and oxygen atoms in total. The van der Waals surface area contributed by atoms with Crippen LogP contribution in [0.2, 0.25) is 0 Å². The van der Waals surface area contributed by atoms with Gasteiger partial charge in [0.1, 0.15) is 0 Å². The second-order valence-corrected chi connectivity index (χ2v) is 4.28. The highest BCUT2D eigenvalue weighted by atomic mass is 19.1. The Labute approximate surface area is 117 Å². The van der Waals surface area contributed by atoms with Gasteiger partial charge in [0.2, 0.25) is 0 Å². The highest BCUT2D eigenvalue weighted by Crippen LogP contribution is 2.18. The zero-order valence-corrected chi connectivity index (χ0v) is 11.2. The predicted molar refractivity (Wildman–Crippen MR) is 77.4 cm³/mol. The first-order valence-electron chi connectivity index (χ1n) is 6.46. The normalized spacial score (nSPS) is 10.1. The lowest BCUT2D eigenvalue weighted by Gasteiger charge is -2.11. The molecule has 0 aliphatic heterocycles. The van der Waals surface area contributed by atoms with Crippen molar-refractivity contribution in [3.8, 4) is 0 Å². The molecule has 1 aromatic heterocycles. The van der Waals surface area contributed by atoms with Crippen molar-refractivity contribution in [3.05, 3.63) is 54.1 Å². The van der Waals surface area contributed by atoms with Crippen LogP contribution in [0, 0.1) is 5.82 Å². The topological polar surface area (TPSA) is 54.0 Å². The second kappa shape index (κ2) is 6.65. The van der Waals surface area contributed by atoms with Crippen LogP contribution in [0.1, 0.15) is 23.7 Å². The van der Waals surface area contributed by atoms with E-state index in [-0.39, 0.29) is 11.6 Å². The third kappa shape index (κ3) is 3.32. The number of anilines is 2. The van der Waals surface area contributed by atoms with Crippen molar-refractivity contribution in [1.82, 2.24) is 4.98 Å². The fourth-order valence-electron chi connectivity index (χ4n) is 1.76. The monoisotopic (exact) mass is 273 g/mol. The Morgan fingerprint density at radius 2 is 2.05 bits per heavy atom. The minimum atomic E-state index is -0.556. The maximum absolute atomic E-state index is 13.5. The molecule has 0 saturated carbocycles. The Hall–Kier alpha value is -2.43. The van der Waals surface area contributed by atoms with Crippen LogP contribution in [0.3, 0.4) is 0 Å². The van der Waals surface area contributed by atoms with Crippen LogP contribution in [0.25, 0.3) is 0 Å². The van der Waals surface area contributed by atoms with E-state index in [9.17, 15) is 9.18 Å². The molecule has 0 unspecified atom stereocenters. The minimum Gasteiger partial charge on any atom is -0.384 e. The van der Waals surface area contributed by atoms with Crippen LogP contribution >= 0.6 is 0 Å². The van der Waals surface area contributed by atoms with E-state index >= 15 is 0 Å². The Morgan fingerprint density at radius 3 is 2.80 bits per heavy atom. The van der Waals surface area contributed by atoms with Gasteiger partial charge >= 0.3 is 0 Å². The van der Waals surface area contributed by atoms with Gasteiger partial charge in [0, 0.05) is 18.4 Å². The highest BCUT2D eigenvalue weighted by Gasteiger charge is 2.12. The molecule has 5 heteroatoms.